The lowest BCUT2D eigenvalue weighted by molar-refractivity contribution is -0.140. The van der Waals surface area contributed by atoms with Crippen LogP contribution in [0.3, 0.4) is 0 Å². The van der Waals surface area contributed by atoms with E-state index < -0.39 is 0 Å². The van der Waals surface area contributed by atoms with Gasteiger partial charge in [0.15, 0.2) is 0 Å². The molecule has 0 radical (unpaired) electrons. The van der Waals surface area contributed by atoms with Gasteiger partial charge in [-0.1, -0.05) is 17.7 Å². The summed E-state index contributed by atoms with van der Waals surface area (Å²) in [6, 6.07) is 5.23. The maximum Gasteiger partial charge on any atom is 0.305 e. The smallest absolute Gasteiger partial charge is 0.305 e. The molecule has 0 aliphatic rings. The van der Waals surface area contributed by atoms with Gasteiger partial charge in [0.05, 0.1) is 7.11 Å². The molecule has 0 aromatic heterocycles. The average Bonchev–Trinajstić information content (AvgIpc) is 2.40. The molecule has 0 fully saturated rings. The third-order valence-electron chi connectivity index (χ3n) is 2.88. The number of hydrogen-bond acceptors (Lipinski definition) is 3. The zero-order valence-corrected chi connectivity index (χ0v) is 12.2. The van der Waals surface area contributed by atoms with Gasteiger partial charge >= 0.3 is 5.97 Å². The van der Waals surface area contributed by atoms with E-state index in [-0.39, 0.29) is 11.9 Å². The van der Waals surface area contributed by atoms with Crippen molar-refractivity contribution in [2.24, 2.45) is 0 Å². The lowest BCUT2D eigenvalue weighted by Gasteiger charge is -2.18. The van der Waals surface area contributed by atoms with Crippen LogP contribution in [0.25, 0.3) is 0 Å². The number of carbonyl (C=O) groups is 2. The maximum atomic E-state index is 12.2. The number of methoxy groups -OCH3 is 1. The molecule has 1 aromatic rings. The SMILES string of the molecule is COC(=O)CCCN(C)C(=O)c1cc(Cl)ccc1C. The van der Waals surface area contributed by atoms with Crippen LogP contribution >= 0.6 is 11.6 Å². The summed E-state index contributed by atoms with van der Waals surface area (Å²) in [6.07, 6.45) is 0.886. The lowest BCUT2D eigenvalue weighted by atomic mass is 10.1. The predicted octanol–water partition coefficient (Wildman–Crippen LogP) is 2.67. The molecule has 0 N–H and O–H groups in total. The number of nitrogens with zero attached hydrogens (tertiary/aromatic N) is 1. The number of carbonyl (C=O) groups excluding carboxylic acids is 2. The molecule has 0 saturated heterocycles. The normalized spacial score (nSPS) is 10.1. The Kier molecular flexibility index (Phi) is 5.83. The first-order valence-corrected chi connectivity index (χ1v) is 6.42. The minimum absolute atomic E-state index is 0.0927. The number of aryl methyl sites for hydroxylation is 1. The number of amides is 1. The van der Waals surface area contributed by atoms with Crippen LogP contribution in [-0.2, 0) is 9.53 Å². The summed E-state index contributed by atoms with van der Waals surface area (Å²) in [6.45, 7) is 2.37. The summed E-state index contributed by atoms with van der Waals surface area (Å²) in [4.78, 5) is 24.8. The average molecular weight is 284 g/mol. The molecule has 0 unspecified atom stereocenters. The number of ether oxygens (including phenoxy) is 1. The fourth-order valence-corrected chi connectivity index (χ4v) is 1.87. The molecule has 1 amide bonds. The first-order chi connectivity index (χ1) is 8.95. The van der Waals surface area contributed by atoms with Crippen LogP contribution in [0, 0.1) is 6.92 Å². The predicted molar refractivity (Wildman–Crippen MR) is 74.4 cm³/mol. The Labute approximate surface area is 118 Å². The van der Waals surface area contributed by atoms with Crippen molar-refractivity contribution < 1.29 is 14.3 Å². The summed E-state index contributed by atoms with van der Waals surface area (Å²) in [5.41, 5.74) is 1.47. The van der Waals surface area contributed by atoms with Crippen molar-refractivity contribution in [1.82, 2.24) is 4.90 Å². The molecule has 0 aliphatic heterocycles. The summed E-state index contributed by atoms with van der Waals surface area (Å²) in [7, 11) is 3.06. The van der Waals surface area contributed by atoms with Crippen molar-refractivity contribution in [3.63, 3.8) is 0 Å². The van der Waals surface area contributed by atoms with E-state index in [9.17, 15) is 9.59 Å². The molecule has 104 valence electrons. The van der Waals surface area contributed by atoms with Gasteiger partial charge < -0.3 is 9.64 Å². The zero-order chi connectivity index (χ0) is 14.4. The van der Waals surface area contributed by atoms with Gasteiger partial charge in [-0.15, -0.1) is 0 Å². The van der Waals surface area contributed by atoms with Crippen LogP contribution < -0.4 is 0 Å². The second kappa shape index (κ2) is 7.14. The molecule has 1 rings (SSSR count). The maximum absolute atomic E-state index is 12.2. The highest BCUT2D eigenvalue weighted by molar-refractivity contribution is 6.31. The second-order valence-electron chi connectivity index (χ2n) is 4.37. The van der Waals surface area contributed by atoms with E-state index in [0.29, 0.717) is 30.0 Å². The van der Waals surface area contributed by atoms with Gasteiger partial charge in [0.2, 0.25) is 0 Å². The molecule has 0 aliphatic carbocycles. The van der Waals surface area contributed by atoms with Crippen LogP contribution in [-0.4, -0.2) is 37.5 Å². The van der Waals surface area contributed by atoms with Crippen LogP contribution in [0.5, 0.6) is 0 Å². The fraction of sp³-hybridized carbons (Fsp3) is 0.429. The Morgan fingerprint density at radius 2 is 2.05 bits per heavy atom. The molecule has 0 heterocycles. The molecule has 1 aromatic carbocycles. The Morgan fingerprint density at radius 1 is 1.37 bits per heavy atom. The standard InChI is InChI=1S/C14H18ClNO3/c1-10-6-7-11(15)9-12(10)14(18)16(2)8-4-5-13(17)19-3/h6-7,9H,4-5,8H2,1-3H3. The van der Waals surface area contributed by atoms with E-state index in [4.69, 9.17) is 11.6 Å². The van der Waals surface area contributed by atoms with Gasteiger partial charge in [-0.25, -0.2) is 0 Å². The second-order valence-corrected chi connectivity index (χ2v) is 4.80. The zero-order valence-electron chi connectivity index (χ0n) is 11.4. The number of esters is 1. The third kappa shape index (κ3) is 4.56. The van der Waals surface area contributed by atoms with Crippen LogP contribution in [0.15, 0.2) is 18.2 Å². The van der Waals surface area contributed by atoms with Crippen molar-refractivity contribution in [2.75, 3.05) is 20.7 Å². The number of benzene rings is 1. The van der Waals surface area contributed by atoms with E-state index in [1.165, 1.54) is 7.11 Å². The topological polar surface area (TPSA) is 46.6 Å². The quantitative estimate of drug-likeness (QED) is 0.781. The Morgan fingerprint density at radius 3 is 2.68 bits per heavy atom. The van der Waals surface area contributed by atoms with E-state index in [0.717, 1.165) is 5.56 Å². The molecular formula is C14H18ClNO3. The number of hydrogen-bond donors (Lipinski definition) is 0. The summed E-state index contributed by atoms with van der Waals surface area (Å²) >= 11 is 5.90. The van der Waals surface area contributed by atoms with Gasteiger partial charge in [0, 0.05) is 30.6 Å². The van der Waals surface area contributed by atoms with E-state index >= 15 is 0 Å². The molecule has 0 bridgehead atoms. The van der Waals surface area contributed by atoms with Crippen LogP contribution in [0.2, 0.25) is 5.02 Å². The van der Waals surface area contributed by atoms with Crippen molar-refractivity contribution >= 4 is 23.5 Å². The van der Waals surface area contributed by atoms with Gasteiger partial charge in [-0.3, -0.25) is 9.59 Å². The molecule has 4 nitrogen and oxygen atoms in total. The first kappa shape index (κ1) is 15.5. The molecular weight excluding hydrogens is 266 g/mol. The van der Waals surface area contributed by atoms with Crippen molar-refractivity contribution in [2.45, 2.75) is 19.8 Å². The number of rotatable bonds is 5. The Hall–Kier alpha value is -1.55. The molecule has 0 spiro atoms. The lowest BCUT2D eigenvalue weighted by Crippen LogP contribution is -2.28. The molecule has 0 saturated carbocycles. The van der Waals surface area contributed by atoms with Crippen molar-refractivity contribution in [1.29, 1.82) is 0 Å². The molecule has 0 atom stereocenters. The molecule has 19 heavy (non-hydrogen) atoms. The fourth-order valence-electron chi connectivity index (χ4n) is 1.69. The summed E-state index contributed by atoms with van der Waals surface area (Å²) in [5, 5.41) is 0.539. The van der Waals surface area contributed by atoms with Gasteiger partial charge in [-0.05, 0) is 31.0 Å². The number of halogens is 1. The Bertz CT molecular complexity index is 474. The van der Waals surface area contributed by atoms with Crippen molar-refractivity contribution in [3.05, 3.63) is 34.3 Å². The minimum Gasteiger partial charge on any atom is -0.469 e. The third-order valence-corrected chi connectivity index (χ3v) is 3.11. The highest BCUT2D eigenvalue weighted by Gasteiger charge is 2.14. The minimum atomic E-state index is -0.264. The Balaban J connectivity index is 2.61. The highest BCUT2D eigenvalue weighted by Crippen LogP contribution is 2.17. The summed E-state index contributed by atoms with van der Waals surface area (Å²) < 4.78 is 4.55. The van der Waals surface area contributed by atoms with Crippen molar-refractivity contribution in [3.8, 4) is 0 Å². The van der Waals surface area contributed by atoms with Gasteiger partial charge in [-0.2, -0.15) is 0 Å². The van der Waals surface area contributed by atoms with Crippen LogP contribution in [0.4, 0.5) is 0 Å². The van der Waals surface area contributed by atoms with Gasteiger partial charge in [0.25, 0.3) is 5.91 Å². The highest BCUT2D eigenvalue weighted by atomic mass is 35.5. The van der Waals surface area contributed by atoms with Gasteiger partial charge in [0.1, 0.15) is 0 Å². The molecule has 5 heteroatoms. The van der Waals surface area contributed by atoms with Crippen LogP contribution in [0.1, 0.15) is 28.8 Å². The monoisotopic (exact) mass is 283 g/mol. The van der Waals surface area contributed by atoms with E-state index in [1.54, 1.807) is 24.1 Å². The first-order valence-electron chi connectivity index (χ1n) is 6.04. The van der Waals surface area contributed by atoms with E-state index in [1.807, 2.05) is 13.0 Å². The summed E-state index contributed by atoms with van der Waals surface area (Å²) in [5.74, 6) is -0.357. The van der Waals surface area contributed by atoms with E-state index in [2.05, 4.69) is 4.74 Å². The largest absolute Gasteiger partial charge is 0.469 e.